The summed E-state index contributed by atoms with van der Waals surface area (Å²) in [5.74, 6) is -1.21. The lowest BCUT2D eigenvalue weighted by atomic mass is 10.1. The molecule has 0 aliphatic rings. The maximum Gasteiger partial charge on any atom is 0.348 e. The molecule has 9 nitrogen and oxygen atoms in total. The summed E-state index contributed by atoms with van der Waals surface area (Å²) >= 11 is 6.89. The van der Waals surface area contributed by atoms with Gasteiger partial charge in [0.05, 0.1) is 18.8 Å². The highest BCUT2D eigenvalue weighted by atomic mass is 35.5. The standard InChI is InChI=1S/C22H22ClN3O6S/c1-4-30-21(28)17-13(3)18(22(29)31-5-2)33-20(17)24-19(27)16-9-10-26(25-16)12-32-15-8-6-7-14(23)11-15/h6-11H,4-5,12H2,1-3H3,(H,24,27). The number of rotatable bonds is 9. The highest BCUT2D eigenvalue weighted by Gasteiger charge is 2.27. The molecule has 0 unspecified atom stereocenters. The first-order valence-corrected chi connectivity index (χ1v) is 11.2. The van der Waals surface area contributed by atoms with Crippen LogP contribution in [-0.2, 0) is 16.2 Å². The van der Waals surface area contributed by atoms with Crippen LogP contribution in [0.5, 0.6) is 5.75 Å². The van der Waals surface area contributed by atoms with Gasteiger partial charge in [0.15, 0.2) is 12.4 Å². The number of esters is 2. The number of hydrogen-bond acceptors (Lipinski definition) is 8. The molecule has 0 spiro atoms. The zero-order valence-corrected chi connectivity index (χ0v) is 19.8. The van der Waals surface area contributed by atoms with E-state index in [9.17, 15) is 14.4 Å². The molecule has 1 aromatic carbocycles. The summed E-state index contributed by atoms with van der Waals surface area (Å²) in [7, 11) is 0. The van der Waals surface area contributed by atoms with Gasteiger partial charge in [-0.1, -0.05) is 17.7 Å². The minimum atomic E-state index is -0.641. The zero-order chi connectivity index (χ0) is 24.0. The van der Waals surface area contributed by atoms with Crippen LogP contribution in [0.15, 0.2) is 36.5 Å². The highest BCUT2D eigenvalue weighted by molar-refractivity contribution is 7.18. The van der Waals surface area contributed by atoms with E-state index in [0.717, 1.165) is 11.3 Å². The Morgan fingerprint density at radius 1 is 1.12 bits per heavy atom. The number of halogens is 1. The number of anilines is 1. The van der Waals surface area contributed by atoms with Crippen molar-refractivity contribution in [3.63, 3.8) is 0 Å². The summed E-state index contributed by atoms with van der Waals surface area (Å²) in [5, 5.41) is 7.57. The van der Waals surface area contributed by atoms with Crippen molar-refractivity contribution >= 4 is 45.8 Å². The smallest absolute Gasteiger partial charge is 0.348 e. The number of amides is 1. The van der Waals surface area contributed by atoms with Crippen molar-refractivity contribution in [3.8, 4) is 5.75 Å². The maximum absolute atomic E-state index is 12.8. The van der Waals surface area contributed by atoms with E-state index in [1.54, 1.807) is 51.2 Å². The monoisotopic (exact) mass is 491 g/mol. The minimum Gasteiger partial charge on any atom is -0.471 e. The van der Waals surface area contributed by atoms with Crippen LogP contribution in [0.2, 0.25) is 5.02 Å². The summed E-state index contributed by atoms with van der Waals surface area (Å²) in [5.41, 5.74) is 0.595. The van der Waals surface area contributed by atoms with Crippen LogP contribution in [-0.4, -0.2) is 40.8 Å². The Morgan fingerprint density at radius 2 is 1.85 bits per heavy atom. The highest BCUT2D eigenvalue weighted by Crippen LogP contribution is 2.34. The fourth-order valence-corrected chi connectivity index (χ4v) is 4.13. The predicted molar refractivity (Wildman–Crippen MR) is 123 cm³/mol. The molecule has 3 aromatic rings. The van der Waals surface area contributed by atoms with Gasteiger partial charge in [-0.3, -0.25) is 4.79 Å². The normalized spacial score (nSPS) is 10.5. The van der Waals surface area contributed by atoms with E-state index >= 15 is 0 Å². The number of nitrogens with zero attached hydrogens (tertiary/aromatic N) is 2. The Labute approximate surface area is 199 Å². The van der Waals surface area contributed by atoms with Gasteiger partial charge in [0.2, 0.25) is 0 Å². The summed E-state index contributed by atoms with van der Waals surface area (Å²) in [4.78, 5) is 37.8. The molecule has 0 fully saturated rings. The Bertz CT molecular complexity index is 1170. The second-order valence-corrected chi connectivity index (χ2v) is 8.08. The van der Waals surface area contributed by atoms with Crippen LogP contribution >= 0.6 is 22.9 Å². The molecule has 3 rings (SSSR count). The van der Waals surface area contributed by atoms with Gasteiger partial charge >= 0.3 is 11.9 Å². The van der Waals surface area contributed by atoms with Crippen LogP contribution in [0, 0.1) is 6.92 Å². The van der Waals surface area contributed by atoms with Crippen molar-refractivity contribution in [3.05, 3.63) is 63.2 Å². The summed E-state index contributed by atoms with van der Waals surface area (Å²) in [6, 6.07) is 8.41. The molecule has 174 valence electrons. The van der Waals surface area contributed by atoms with Crippen LogP contribution in [0.4, 0.5) is 5.00 Å². The summed E-state index contributed by atoms with van der Waals surface area (Å²) in [6.07, 6.45) is 1.58. The molecular formula is C22H22ClN3O6S. The van der Waals surface area contributed by atoms with Crippen LogP contribution < -0.4 is 10.1 Å². The molecule has 0 atom stereocenters. The largest absolute Gasteiger partial charge is 0.471 e. The quantitative estimate of drug-likeness (QED) is 0.437. The number of nitrogens with one attached hydrogen (secondary N) is 1. The van der Waals surface area contributed by atoms with Crippen molar-refractivity contribution in [2.45, 2.75) is 27.5 Å². The second kappa shape index (κ2) is 11.0. The molecule has 0 aliphatic heterocycles. The van der Waals surface area contributed by atoms with Gasteiger partial charge in [0.25, 0.3) is 5.91 Å². The number of benzene rings is 1. The minimum absolute atomic E-state index is 0.0623. The van der Waals surface area contributed by atoms with E-state index < -0.39 is 17.8 Å². The van der Waals surface area contributed by atoms with Crippen molar-refractivity contribution < 1.29 is 28.6 Å². The van der Waals surface area contributed by atoms with Crippen molar-refractivity contribution in [1.82, 2.24) is 9.78 Å². The van der Waals surface area contributed by atoms with Gasteiger partial charge < -0.3 is 19.5 Å². The van der Waals surface area contributed by atoms with E-state index in [0.29, 0.717) is 16.3 Å². The lowest BCUT2D eigenvalue weighted by molar-refractivity contribution is 0.0527. The summed E-state index contributed by atoms with van der Waals surface area (Å²) in [6.45, 7) is 5.35. The first-order chi connectivity index (χ1) is 15.8. The fourth-order valence-electron chi connectivity index (χ4n) is 2.86. The lowest BCUT2D eigenvalue weighted by Gasteiger charge is -2.07. The number of aromatic nitrogens is 2. The topological polar surface area (TPSA) is 109 Å². The third kappa shape index (κ3) is 5.91. The van der Waals surface area contributed by atoms with Gasteiger partial charge in [0, 0.05) is 11.2 Å². The average molecular weight is 492 g/mol. The third-order valence-corrected chi connectivity index (χ3v) is 5.77. The van der Waals surface area contributed by atoms with E-state index in [1.807, 2.05) is 0 Å². The fraction of sp³-hybridized carbons (Fsp3) is 0.273. The van der Waals surface area contributed by atoms with Gasteiger partial charge in [-0.15, -0.1) is 11.3 Å². The molecule has 1 N–H and O–H groups in total. The maximum atomic E-state index is 12.8. The van der Waals surface area contributed by atoms with Crippen LogP contribution in [0.3, 0.4) is 0 Å². The molecule has 0 bridgehead atoms. The molecular weight excluding hydrogens is 470 g/mol. The van der Waals surface area contributed by atoms with Crippen molar-refractivity contribution in [2.24, 2.45) is 0 Å². The molecule has 0 saturated carbocycles. The Morgan fingerprint density at radius 3 is 2.55 bits per heavy atom. The number of ether oxygens (including phenoxy) is 3. The van der Waals surface area contributed by atoms with Crippen molar-refractivity contribution in [1.29, 1.82) is 0 Å². The van der Waals surface area contributed by atoms with Gasteiger partial charge in [-0.2, -0.15) is 5.10 Å². The SMILES string of the molecule is CCOC(=O)c1sc(NC(=O)c2ccn(COc3cccc(Cl)c3)n2)c(C(=O)OCC)c1C. The average Bonchev–Trinajstić information content (AvgIpc) is 3.37. The second-order valence-electron chi connectivity index (χ2n) is 6.63. The van der Waals surface area contributed by atoms with Crippen LogP contribution in [0.25, 0.3) is 0 Å². The molecule has 2 heterocycles. The van der Waals surface area contributed by atoms with E-state index in [4.69, 9.17) is 25.8 Å². The van der Waals surface area contributed by atoms with Gasteiger partial charge in [-0.05, 0) is 50.6 Å². The third-order valence-electron chi connectivity index (χ3n) is 4.35. The molecule has 2 aromatic heterocycles. The Hall–Kier alpha value is -3.37. The number of carbonyl (C=O) groups is 3. The zero-order valence-electron chi connectivity index (χ0n) is 18.2. The molecule has 1 amide bonds. The first kappa shape index (κ1) is 24.3. The van der Waals surface area contributed by atoms with Gasteiger partial charge in [0.1, 0.15) is 15.6 Å². The van der Waals surface area contributed by atoms with Gasteiger partial charge in [-0.25, -0.2) is 14.3 Å². The number of thiophene rings is 1. The predicted octanol–water partition coefficient (Wildman–Crippen LogP) is 4.55. The Balaban J connectivity index is 1.77. The van der Waals surface area contributed by atoms with E-state index in [1.165, 1.54) is 10.7 Å². The lowest BCUT2D eigenvalue weighted by Crippen LogP contribution is -2.16. The first-order valence-electron chi connectivity index (χ1n) is 10.0. The number of hydrogen-bond donors (Lipinski definition) is 1. The molecule has 0 aliphatic carbocycles. The molecule has 0 saturated heterocycles. The molecule has 11 heteroatoms. The number of carbonyl (C=O) groups excluding carboxylic acids is 3. The van der Waals surface area contributed by atoms with Crippen molar-refractivity contribution in [2.75, 3.05) is 18.5 Å². The van der Waals surface area contributed by atoms with Crippen LogP contribution in [0.1, 0.15) is 49.9 Å². The van der Waals surface area contributed by atoms with E-state index in [-0.39, 0.29) is 41.1 Å². The Kier molecular flexibility index (Phi) is 8.07. The summed E-state index contributed by atoms with van der Waals surface area (Å²) < 4.78 is 17.2. The van der Waals surface area contributed by atoms with E-state index in [2.05, 4.69) is 10.4 Å². The molecule has 0 radical (unpaired) electrons. The molecule has 33 heavy (non-hydrogen) atoms.